The molecule has 15 rings (SSSR count). The fraction of sp³-hybridized carbons (Fsp3) is 0.426. The third-order valence-corrected chi connectivity index (χ3v) is 23.4. The van der Waals surface area contributed by atoms with Crippen molar-refractivity contribution in [3.05, 3.63) is 215 Å². The zero-order chi connectivity index (χ0) is 93.7. The summed E-state index contributed by atoms with van der Waals surface area (Å²) in [5, 5.41) is 29.5. The number of carbonyl (C=O) groups excluding carboxylic acids is 18. The van der Waals surface area contributed by atoms with Gasteiger partial charge in [-0.2, -0.15) is 0 Å². The highest BCUT2D eigenvalue weighted by atomic mass is 19.3. The van der Waals surface area contributed by atoms with Crippen molar-refractivity contribution >= 4 is 106 Å². The quantitative estimate of drug-likeness (QED) is 0.0206. The standard InChI is InChI=1S/C17H20N2O3.2C16H18N2O3.3C15H16F2N2O3/c20-15(17(22)18-9-12-6-7-12)14-10-19-16(21)13(14)8-11-4-2-1-3-5-11;2*19-14(16(21)17-8-10-6-7-10)12-9-18-15(20)13(12)11-4-2-1-3-5-11;1-15(16,17)8-19-14(22)12(20)10-7-18-13(21)11(10)9-5-3-2-4-6-9;2*16-12(17)8-19-15(22)13(20)11-7-18-14(21)10(11)6-9-4-2-1-3-5-9/h1-5,12-14H,6-10H2,(H,18,22)(H,19,21);2*1-5,10,12-13H,6-9H2,(H,17,21)(H,18,20);2-6,10-11H,7-8H2,1H3,(H,18,21)(H,19,22);2*1-5,10-12H,6-8H2,(H,18,21)(H,19,22)/t13-,14+;2*12-,13+;3*10-,11+/m010110/s1. The van der Waals surface area contributed by atoms with Crippen LogP contribution >= 0.6 is 0 Å². The zero-order valence-corrected chi connectivity index (χ0v) is 71.1. The number of benzene rings is 6. The van der Waals surface area contributed by atoms with Crippen molar-refractivity contribution in [1.29, 1.82) is 0 Å². The smallest absolute Gasteiger partial charge is 0.287 e. The van der Waals surface area contributed by atoms with Gasteiger partial charge in [0.05, 0.1) is 90.6 Å². The minimum Gasteiger partial charge on any atom is -0.355 e. The summed E-state index contributed by atoms with van der Waals surface area (Å²) in [4.78, 5) is 216. The van der Waals surface area contributed by atoms with E-state index in [0.29, 0.717) is 69.1 Å². The Hall–Kier alpha value is -13.4. The Balaban J connectivity index is 0.000000162. The van der Waals surface area contributed by atoms with Crippen molar-refractivity contribution in [3.8, 4) is 0 Å². The molecule has 6 aromatic rings. The van der Waals surface area contributed by atoms with Crippen molar-refractivity contribution in [2.45, 2.75) is 101 Å². The molecular weight excluding hydrogens is 1700 g/mol. The molecule has 9 aliphatic rings. The highest BCUT2D eigenvalue weighted by molar-refractivity contribution is 6.40. The van der Waals surface area contributed by atoms with Gasteiger partial charge < -0.3 is 63.8 Å². The molecule has 0 bridgehead atoms. The molecule has 36 heteroatoms. The molecule has 12 amide bonds. The van der Waals surface area contributed by atoms with Crippen LogP contribution in [0.3, 0.4) is 0 Å². The van der Waals surface area contributed by atoms with Crippen molar-refractivity contribution in [3.63, 3.8) is 0 Å². The Kier molecular flexibility index (Phi) is 36.1. The molecular formula is C94H104F6N12O18. The number of nitrogens with one attached hydrogen (secondary N) is 12. The molecule has 690 valence electrons. The predicted molar refractivity (Wildman–Crippen MR) is 456 cm³/mol. The molecule has 6 saturated heterocycles. The molecule has 0 unspecified atom stereocenters. The molecule has 30 nitrogen and oxygen atoms in total. The molecule has 12 atom stereocenters. The van der Waals surface area contributed by atoms with E-state index >= 15 is 0 Å². The molecule has 6 aliphatic heterocycles. The summed E-state index contributed by atoms with van der Waals surface area (Å²) in [5.74, 6) is -19.9. The van der Waals surface area contributed by atoms with Crippen LogP contribution in [0.25, 0.3) is 0 Å². The van der Waals surface area contributed by atoms with E-state index in [2.05, 4.69) is 47.9 Å². The summed E-state index contributed by atoms with van der Waals surface area (Å²) in [5.41, 5.74) is 4.91. The minimum absolute atomic E-state index is 0.0210. The van der Waals surface area contributed by atoms with Crippen LogP contribution in [0.2, 0.25) is 0 Å². The largest absolute Gasteiger partial charge is 0.355 e. The van der Waals surface area contributed by atoms with Crippen molar-refractivity contribution in [2.75, 3.05) is 78.5 Å². The number of hydrogen-bond acceptors (Lipinski definition) is 18. The van der Waals surface area contributed by atoms with Crippen LogP contribution in [0.15, 0.2) is 182 Å². The lowest BCUT2D eigenvalue weighted by Crippen LogP contribution is -2.42. The van der Waals surface area contributed by atoms with E-state index in [1.54, 1.807) is 30.3 Å². The maximum Gasteiger partial charge on any atom is 0.287 e. The van der Waals surface area contributed by atoms with E-state index in [1.807, 2.05) is 168 Å². The number of carbonyl (C=O) groups is 18. The lowest BCUT2D eigenvalue weighted by atomic mass is 9.85. The number of rotatable bonds is 33. The summed E-state index contributed by atoms with van der Waals surface area (Å²) in [6.07, 6.45) is 2.39. The van der Waals surface area contributed by atoms with Gasteiger partial charge in [-0.25, -0.2) is 26.3 Å². The van der Waals surface area contributed by atoms with Gasteiger partial charge >= 0.3 is 0 Å². The van der Waals surface area contributed by atoms with Gasteiger partial charge in [0.2, 0.25) is 70.1 Å². The Labute approximate surface area is 744 Å². The van der Waals surface area contributed by atoms with E-state index in [9.17, 15) is 113 Å². The van der Waals surface area contributed by atoms with Crippen molar-refractivity contribution in [2.24, 2.45) is 71.0 Å². The third-order valence-electron chi connectivity index (χ3n) is 23.4. The highest BCUT2D eigenvalue weighted by Crippen LogP contribution is 2.36. The zero-order valence-electron chi connectivity index (χ0n) is 71.1. The summed E-state index contributed by atoms with van der Waals surface area (Å²) in [7, 11) is 0. The van der Waals surface area contributed by atoms with Crippen LogP contribution in [0.5, 0.6) is 0 Å². The fourth-order valence-corrected chi connectivity index (χ4v) is 15.6. The van der Waals surface area contributed by atoms with Crippen molar-refractivity contribution < 1.29 is 113 Å². The summed E-state index contributed by atoms with van der Waals surface area (Å²) in [6.45, 7) is 0.526. The van der Waals surface area contributed by atoms with Gasteiger partial charge in [-0.1, -0.05) is 182 Å². The normalized spacial score (nSPS) is 22.6. The summed E-state index contributed by atoms with van der Waals surface area (Å²) < 4.78 is 73.7. The van der Waals surface area contributed by atoms with E-state index in [4.69, 9.17) is 0 Å². The maximum absolute atomic E-state index is 12.7. The second-order valence-corrected chi connectivity index (χ2v) is 33.3. The SMILES string of the molecule is CC(F)(F)CNC(=O)C(=O)[C@@H]1CNC(=O)[C@H]1c1ccccc1.O=C(NCC(F)F)C(=O)[C@@H]1CNC(=O)[C@H]1Cc1ccccc1.O=C(NCC(F)F)C(=O)[C@H]1CNC(=O)[C@@H]1Cc1ccccc1.O=C(NCC1CC1)C(=O)[C@@H]1CNC(=O)[C@H]1Cc1ccccc1.O=C(NCC1CC1)C(=O)[C@@H]1CNC(=O)[C@H]1c1ccccc1.O=C(NCC1CC1)C(=O)[C@H]1CNC(=O)[C@@H]1c1ccccc1. The Bertz CT molecular complexity index is 4700. The highest BCUT2D eigenvalue weighted by Gasteiger charge is 2.49. The molecule has 130 heavy (non-hydrogen) atoms. The van der Waals surface area contributed by atoms with E-state index in [1.165, 1.54) is 0 Å². The average molecular weight is 1800 g/mol. The molecule has 6 heterocycles. The third kappa shape index (κ3) is 29.3. The second-order valence-electron chi connectivity index (χ2n) is 33.3. The van der Waals surface area contributed by atoms with Gasteiger partial charge in [-0.15, -0.1) is 0 Å². The van der Waals surface area contributed by atoms with Gasteiger partial charge in [0, 0.05) is 65.8 Å². The molecule has 6 aromatic carbocycles. The van der Waals surface area contributed by atoms with Crippen LogP contribution in [-0.2, 0) is 106 Å². The first-order valence-corrected chi connectivity index (χ1v) is 43.0. The van der Waals surface area contributed by atoms with Gasteiger partial charge in [-0.05, 0) is 109 Å². The van der Waals surface area contributed by atoms with E-state index in [-0.39, 0.29) is 74.7 Å². The number of Topliss-reactive ketones (excluding diaryl/α,β-unsaturated/α-hetero) is 6. The second kappa shape index (κ2) is 47.6. The van der Waals surface area contributed by atoms with Crippen LogP contribution in [0.4, 0.5) is 26.3 Å². The molecule has 3 saturated carbocycles. The fourth-order valence-electron chi connectivity index (χ4n) is 15.6. The van der Waals surface area contributed by atoms with Gasteiger partial charge in [0.25, 0.3) is 54.2 Å². The topological polar surface area (TPSA) is 452 Å². The Morgan fingerprint density at radius 2 is 0.508 bits per heavy atom. The number of halogens is 6. The first kappa shape index (κ1) is 98.7. The van der Waals surface area contributed by atoms with E-state index < -0.39 is 180 Å². The summed E-state index contributed by atoms with van der Waals surface area (Å²) >= 11 is 0. The van der Waals surface area contributed by atoms with Crippen LogP contribution in [-0.4, -0.2) is 203 Å². The summed E-state index contributed by atoms with van der Waals surface area (Å²) in [6, 6.07) is 54.7. The number of hydrogen-bond donors (Lipinski definition) is 12. The molecule has 0 spiro atoms. The molecule has 0 aromatic heterocycles. The predicted octanol–water partition coefficient (Wildman–Crippen LogP) is 3.85. The van der Waals surface area contributed by atoms with Gasteiger partial charge in [-0.3, -0.25) is 86.3 Å². The minimum atomic E-state index is -3.10. The average Bonchev–Trinajstić information content (AvgIpc) is 1.64. The first-order valence-electron chi connectivity index (χ1n) is 43.0. The van der Waals surface area contributed by atoms with Crippen LogP contribution in [0.1, 0.15) is 96.6 Å². The lowest BCUT2D eigenvalue weighted by molar-refractivity contribution is -0.141. The molecule has 0 radical (unpaired) electrons. The first-order chi connectivity index (χ1) is 62.2. The van der Waals surface area contributed by atoms with Crippen LogP contribution < -0.4 is 63.8 Å². The molecule has 12 N–H and O–H groups in total. The maximum atomic E-state index is 12.7. The Morgan fingerprint density at radius 1 is 0.300 bits per heavy atom. The number of amides is 12. The number of alkyl halides is 6. The van der Waals surface area contributed by atoms with Gasteiger partial charge in [0.1, 0.15) is 0 Å². The lowest BCUT2D eigenvalue weighted by Gasteiger charge is -2.16. The van der Waals surface area contributed by atoms with E-state index in [0.717, 1.165) is 66.3 Å². The van der Waals surface area contributed by atoms with Gasteiger partial charge in [0.15, 0.2) is 0 Å². The number of ketones is 6. The molecule has 9 fully saturated rings. The Morgan fingerprint density at radius 3 is 0.738 bits per heavy atom. The van der Waals surface area contributed by atoms with Crippen molar-refractivity contribution in [1.82, 2.24) is 63.8 Å². The molecule has 3 aliphatic carbocycles. The monoisotopic (exact) mass is 1800 g/mol. The van der Waals surface area contributed by atoms with Crippen LogP contribution in [0, 0.1) is 71.0 Å².